The summed E-state index contributed by atoms with van der Waals surface area (Å²) in [6.07, 6.45) is 0. The van der Waals surface area contributed by atoms with Gasteiger partial charge in [0, 0.05) is 16.5 Å². The molecule has 0 amide bonds. The van der Waals surface area contributed by atoms with Gasteiger partial charge in [0.25, 0.3) is 0 Å². The fourth-order valence-corrected chi connectivity index (χ4v) is 0. The van der Waals surface area contributed by atoms with Gasteiger partial charge < -0.3 is 5.71 Å². The molecular formula is H7AlLiMgNaNi. The third kappa shape index (κ3) is 18.7. The van der Waals surface area contributed by atoms with Gasteiger partial charge in [-0.25, -0.2) is 0 Å². The molecule has 5 heavy (non-hydrogen) atoms. The quantitative estimate of drug-likeness (QED) is 0.299. The molecule has 0 radical (unpaired) electrons. The first-order valence-electron chi connectivity index (χ1n) is 0. The van der Waals surface area contributed by atoms with Crippen molar-refractivity contribution in [3.05, 3.63) is 0 Å². The predicted octanol–water partition coefficient (Wildman–Crippen LogP) is -7.11. The van der Waals surface area contributed by atoms with E-state index in [-0.39, 0.29) is 111 Å². The molecule has 0 aromatic carbocycles. The van der Waals surface area contributed by atoms with Crippen molar-refractivity contribution in [3.63, 3.8) is 0 Å². The van der Waals surface area contributed by atoms with Crippen LogP contribution < -0.4 is 48.4 Å². The third-order valence-corrected chi connectivity index (χ3v) is 0. The zero-order valence-corrected chi connectivity index (χ0v) is 7.43. The maximum absolute atomic E-state index is 0. The molecule has 0 bridgehead atoms. The number of hydrogen-bond donors (Lipinski definition) is 0. The minimum atomic E-state index is 0. The Morgan fingerprint density at radius 1 is 1.20 bits per heavy atom. The van der Waals surface area contributed by atoms with E-state index in [4.69, 9.17) is 0 Å². The zero-order valence-electron chi connectivity index (χ0n) is 7.02. The van der Waals surface area contributed by atoms with Crippen LogP contribution in [0.15, 0.2) is 0 Å². The summed E-state index contributed by atoms with van der Waals surface area (Å²) >= 11 is 0. The molecule has 0 N–H and O–H groups in total. The normalized spacial score (nSPS) is 0. The fraction of sp³-hybridized carbons (Fsp3) is 0. The maximum Gasteiger partial charge on any atom is 2.00 e. The van der Waals surface area contributed by atoms with Crippen molar-refractivity contribution in [2.45, 2.75) is 0 Å². The molecule has 5 heteroatoms. The molecular weight excluding hydrogens is 140 g/mol. The Balaban J connectivity index is 0. The van der Waals surface area contributed by atoms with E-state index in [1.807, 2.05) is 0 Å². The fourth-order valence-electron chi connectivity index (χ4n) is 0. The SMILES string of the molecule is [AlH3].[H-].[H-].[H-].[H-].[Li+].[Mg+2].[Na+].[Ni]. The Morgan fingerprint density at radius 2 is 1.20 bits per heavy atom. The van der Waals surface area contributed by atoms with Crippen LogP contribution in [0.4, 0.5) is 0 Å². The first-order valence-corrected chi connectivity index (χ1v) is 0. The van der Waals surface area contributed by atoms with Crippen LogP contribution in [0.5, 0.6) is 0 Å². The first kappa shape index (κ1) is 39.9. The van der Waals surface area contributed by atoms with E-state index in [9.17, 15) is 0 Å². The molecule has 0 unspecified atom stereocenters. The van der Waals surface area contributed by atoms with E-state index < -0.39 is 0 Å². The van der Waals surface area contributed by atoms with Crippen LogP contribution in [0.2, 0.25) is 0 Å². The average molecular weight is 147 g/mol. The van der Waals surface area contributed by atoms with Crippen molar-refractivity contribution in [1.29, 1.82) is 0 Å². The van der Waals surface area contributed by atoms with Crippen molar-refractivity contribution in [2.24, 2.45) is 0 Å². The molecule has 0 saturated heterocycles. The van der Waals surface area contributed by atoms with Crippen molar-refractivity contribution >= 4 is 40.4 Å². The molecule has 0 aliphatic heterocycles. The van der Waals surface area contributed by atoms with Gasteiger partial charge in [-0.05, 0) is 0 Å². The Morgan fingerprint density at radius 3 is 1.20 bits per heavy atom. The summed E-state index contributed by atoms with van der Waals surface area (Å²) in [5.41, 5.74) is 0. The Labute approximate surface area is 109 Å². The van der Waals surface area contributed by atoms with Crippen LogP contribution in [0.1, 0.15) is 5.71 Å². The van der Waals surface area contributed by atoms with Crippen LogP contribution >= 0.6 is 0 Å². The van der Waals surface area contributed by atoms with Crippen molar-refractivity contribution < 1.29 is 70.6 Å². The first-order chi connectivity index (χ1) is 0. The summed E-state index contributed by atoms with van der Waals surface area (Å²) in [7, 11) is 0. The molecule has 24 valence electrons. The molecule has 0 aliphatic carbocycles. The van der Waals surface area contributed by atoms with Gasteiger partial charge in [-0.2, -0.15) is 0 Å². The van der Waals surface area contributed by atoms with Gasteiger partial charge in [0.1, 0.15) is 0 Å². The molecule has 0 saturated carbocycles. The van der Waals surface area contributed by atoms with Crippen LogP contribution in [0.25, 0.3) is 0 Å². The molecule has 0 aromatic heterocycles. The van der Waals surface area contributed by atoms with Crippen LogP contribution in [0.3, 0.4) is 0 Å². The second kappa shape index (κ2) is 26.3. The Bertz CT molecular complexity index is 20.5. The molecule has 0 aromatic rings. The molecule has 0 nitrogen and oxygen atoms in total. The van der Waals surface area contributed by atoms with Gasteiger partial charge in [-0.15, -0.1) is 0 Å². The standard InChI is InChI=1S/Al.Li.Mg.Na.Ni.7H/q;+1;+2;+1;;;;;4*-1. The van der Waals surface area contributed by atoms with Crippen molar-refractivity contribution in [1.82, 2.24) is 0 Å². The van der Waals surface area contributed by atoms with E-state index in [1.165, 1.54) is 0 Å². The van der Waals surface area contributed by atoms with Gasteiger partial charge in [0.15, 0.2) is 17.4 Å². The summed E-state index contributed by atoms with van der Waals surface area (Å²) in [6, 6.07) is 0. The van der Waals surface area contributed by atoms with Gasteiger partial charge in [0.2, 0.25) is 0 Å². The second-order valence-corrected chi connectivity index (χ2v) is 0. The second-order valence-electron chi connectivity index (χ2n) is 0. The van der Waals surface area contributed by atoms with Gasteiger partial charge in [0.05, 0.1) is 0 Å². The van der Waals surface area contributed by atoms with Gasteiger partial charge >= 0.3 is 71.5 Å². The zero-order chi connectivity index (χ0) is 0. The summed E-state index contributed by atoms with van der Waals surface area (Å²) in [5.74, 6) is 0. The summed E-state index contributed by atoms with van der Waals surface area (Å²) in [6.45, 7) is 0. The number of hydrogen-bond acceptors (Lipinski definition) is 0. The topological polar surface area (TPSA) is 0 Å². The monoisotopic (exact) mass is 146 g/mol. The van der Waals surface area contributed by atoms with Crippen LogP contribution in [-0.2, 0) is 16.5 Å². The molecule has 0 fully saturated rings. The summed E-state index contributed by atoms with van der Waals surface area (Å²) < 4.78 is 0. The third-order valence-electron chi connectivity index (χ3n) is 0. The molecule has 0 spiro atoms. The van der Waals surface area contributed by atoms with E-state index >= 15 is 0 Å². The Kier molecular flexibility index (Phi) is 209. The minimum Gasteiger partial charge on any atom is -1.00 e. The van der Waals surface area contributed by atoms with E-state index in [0.29, 0.717) is 0 Å². The maximum atomic E-state index is 0. The average Bonchev–Trinajstić information content (AvgIpc) is 0. The molecule has 0 rings (SSSR count). The largest absolute Gasteiger partial charge is 2.00 e. The van der Waals surface area contributed by atoms with Gasteiger partial charge in [-0.1, -0.05) is 0 Å². The summed E-state index contributed by atoms with van der Waals surface area (Å²) in [4.78, 5) is 0. The molecule has 0 atom stereocenters. The van der Waals surface area contributed by atoms with Gasteiger partial charge in [-0.3, -0.25) is 0 Å². The number of rotatable bonds is 0. The Hall–Kier alpha value is 3.39. The predicted molar refractivity (Wildman–Crippen MR) is 20.1 cm³/mol. The summed E-state index contributed by atoms with van der Waals surface area (Å²) in [5, 5.41) is 0. The van der Waals surface area contributed by atoms with E-state index in [2.05, 4.69) is 0 Å². The smallest absolute Gasteiger partial charge is 1.00 e. The van der Waals surface area contributed by atoms with E-state index in [0.717, 1.165) is 0 Å². The van der Waals surface area contributed by atoms with Crippen LogP contribution in [0, 0.1) is 0 Å². The van der Waals surface area contributed by atoms with Crippen molar-refractivity contribution in [2.75, 3.05) is 0 Å². The minimum absolute atomic E-state index is 0. The molecule has 0 aliphatic rings. The van der Waals surface area contributed by atoms with E-state index in [1.54, 1.807) is 0 Å². The molecule has 0 heterocycles. The van der Waals surface area contributed by atoms with Crippen molar-refractivity contribution in [3.8, 4) is 0 Å². The van der Waals surface area contributed by atoms with Crippen LogP contribution in [-0.4, -0.2) is 40.4 Å².